The fourth-order valence-electron chi connectivity index (χ4n) is 1.81. The van der Waals surface area contributed by atoms with Crippen molar-refractivity contribution in [3.63, 3.8) is 0 Å². The van der Waals surface area contributed by atoms with E-state index in [0.29, 0.717) is 5.58 Å². The molecule has 5 heteroatoms. The summed E-state index contributed by atoms with van der Waals surface area (Å²) in [4.78, 5) is 11.8. The third-order valence-corrected chi connectivity index (χ3v) is 2.73. The predicted octanol–water partition coefficient (Wildman–Crippen LogP) is 3.60. The fourth-order valence-corrected chi connectivity index (χ4v) is 1.81. The van der Waals surface area contributed by atoms with Crippen LogP contribution < -0.4 is 0 Å². The Morgan fingerprint density at radius 1 is 1.42 bits per heavy atom. The summed E-state index contributed by atoms with van der Waals surface area (Å²) in [6, 6.07) is 7.30. The Morgan fingerprint density at radius 2 is 2.21 bits per heavy atom. The largest absolute Gasteiger partial charge is 0.453 e. The van der Waals surface area contributed by atoms with Crippen LogP contribution in [0, 0.1) is 6.92 Å². The lowest BCUT2D eigenvalue weighted by Crippen LogP contribution is -2.09. The van der Waals surface area contributed by atoms with Gasteiger partial charge in [-0.05, 0) is 18.6 Å². The maximum Gasteiger partial charge on any atom is 0.261 e. The topological polar surface area (TPSA) is 39.4 Å². The summed E-state index contributed by atoms with van der Waals surface area (Å²) in [6.07, 6.45) is -2.48. The molecule has 2 rings (SSSR count). The van der Waals surface area contributed by atoms with Crippen molar-refractivity contribution in [2.75, 3.05) is 13.2 Å². The maximum atomic E-state index is 11.8. The summed E-state index contributed by atoms with van der Waals surface area (Å²) in [5.74, 6) is -0.00480. The van der Waals surface area contributed by atoms with Gasteiger partial charge >= 0.3 is 0 Å². The zero-order valence-electron chi connectivity index (χ0n) is 10.5. The number of carbonyl (C=O) groups is 1. The van der Waals surface area contributed by atoms with E-state index in [0.717, 1.165) is 10.9 Å². The van der Waals surface area contributed by atoms with Crippen molar-refractivity contribution in [1.82, 2.24) is 0 Å². The molecule has 0 spiro atoms. The van der Waals surface area contributed by atoms with Crippen molar-refractivity contribution >= 4 is 16.8 Å². The number of ether oxygens (including phenoxy) is 1. The Hall–Kier alpha value is -1.75. The molecule has 0 fully saturated rings. The second-order valence-electron chi connectivity index (χ2n) is 4.24. The molecule has 0 atom stereocenters. The van der Waals surface area contributed by atoms with E-state index in [1.807, 2.05) is 25.1 Å². The van der Waals surface area contributed by atoms with E-state index < -0.39 is 13.0 Å². The molecule has 0 bridgehead atoms. The Bertz CT molecular complexity index is 575. The highest BCUT2D eigenvalue weighted by Gasteiger charge is 2.13. The molecule has 0 saturated carbocycles. The van der Waals surface area contributed by atoms with Crippen LogP contribution in [0.5, 0.6) is 0 Å². The molecule has 1 aromatic heterocycles. The number of rotatable bonds is 6. The van der Waals surface area contributed by atoms with Crippen molar-refractivity contribution in [2.24, 2.45) is 0 Å². The van der Waals surface area contributed by atoms with Crippen molar-refractivity contribution < 1.29 is 22.7 Å². The van der Waals surface area contributed by atoms with Crippen molar-refractivity contribution in [3.8, 4) is 0 Å². The number of alkyl halides is 2. The van der Waals surface area contributed by atoms with Crippen LogP contribution in [0.2, 0.25) is 0 Å². The molecule has 3 nitrogen and oxygen atoms in total. The van der Waals surface area contributed by atoms with E-state index in [1.54, 1.807) is 6.07 Å². The highest BCUT2D eigenvalue weighted by Crippen LogP contribution is 2.23. The normalized spacial score (nSPS) is 11.4. The lowest BCUT2D eigenvalue weighted by Gasteiger charge is -2.01. The maximum absolute atomic E-state index is 11.8. The number of hydrogen-bond acceptors (Lipinski definition) is 3. The number of ketones is 1. The standard InChI is InChI=1S/C14H14F2O3/c1-9-3-2-4-10-7-12(19-14(9)10)11(17)5-6-18-8-13(15)16/h2-4,7,13H,5-6,8H2,1H3. The molecule has 1 aromatic carbocycles. The Labute approximate surface area is 109 Å². The summed E-state index contributed by atoms with van der Waals surface area (Å²) in [7, 11) is 0. The summed E-state index contributed by atoms with van der Waals surface area (Å²) in [5, 5.41) is 0.858. The SMILES string of the molecule is Cc1cccc2cc(C(=O)CCOCC(F)F)oc12. The van der Waals surface area contributed by atoms with Crippen LogP contribution in [-0.4, -0.2) is 25.4 Å². The molecule has 0 aliphatic rings. The zero-order chi connectivity index (χ0) is 13.8. The molecule has 1 heterocycles. The average Bonchev–Trinajstić information content (AvgIpc) is 2.79. The Kier molecular flexibility index (Phi) is 4.27. The van der Waals surface area contributed by atoms with Gasteiger partial charge in [0, 0.05) is 11.8 Å². The second-order valence-corrected chi connectivity index (χ2v) is 4.24. The third-order valence-electron chi connectivity index (χ3n) is 2.73. The van der Waals surface area contributed by atoms with E-state index in [2.05, 4.69) is 4.74 Å². The average molecular weight is 268 g/mol. The predicted molar refractivity (Wildman–Crippen MR) is 66.7 cm³/mol. The number of furan rings is 1. The van der Waals surface area contributed by atoms with Crippen LogP contribution in [0.15, 0.2) is 28.7 Å². The van der Waals surface area contributed by atoms with Gasteiger partial charge in [0.05, 0.1) is 6.61 Å². The number of hydrogen-bond donors (Lipinski definition) is 0. The molecule has 0 saturated heterocycles. The monoisotopic (exact) mass is 268 g/mol. The summed E-state index contributed by atoms with van der Waals surface area (Å²) < 4.78 is 33.8. The van der Waals surface area contributed by atoms with Gasteiger partial charge in [-0.3, -0.25) is 4.79 Å². The quantitative estimate of drug-likeness (QED) is 0.593. The minimum atomic E-state index is -2.51. The van der Waals surface area contributed by atoms with Gasteiger partial charge in [0.15, 0.2) is 11.5 Å². The van der Waals surface area contributed by atoms with E-state index >= 15 is 0 Å². The fraction of sp³-hybridized carbons (Fsp3) is 0.357. The number of halogens is 2. The minimum Gasteiger partial charge on any atom is -0.453 e. The second kappa shape index (κ2) is 5.93. The van der Waals surface area contributed by atoms with Crippen LogP contribution in [0.4, 0.5) is 8.78 Å². The minimum absolute atomic E-state index is 0.0286. The zero-order valence-corrected chi connectivity index (χ0v) is 10.5. The lowest BCUT2D eigenvalue weighted by atomic mass is 10.1. The molecule has 0 aliphatic heterocycles. The van der Waals surface area contributed by atoms with Gasteiger partial charge in [0.1, 0.15) is 12.2 Å². The lowest BCUT2D eigenvalue weighted by molar-refractivity contribution is 0.0167. The Balaban J connectivity index is 2.00. The molecular formula is C14H14F2O3. The molecule has 0 radical (unpaired) electrons. The molecule has 0 unspecified atom stereocenters. The first-order valence-electron chi connectivity index (χ1n) is 5.96. The third kappa shape index (κ3) is 3.38. The number of benzene rings is 1. The highest BCUT2D eigenvalue weighted by atomic mass is 19.3. The van der Waals surface area contributed by atoms with E-state index in [9.17, 15) is 13.6 Å². The Morgan fingerprint density at radius 3 is 2.89 bits per heavy atom. The smallest absolute Gasteiger partial charge is 0.261 e. The first-order valence-corrected chi connectivity index (χ1v) is 5.96. The van der Waals surface area contributed by atoms with Crippen molar-refractivity contribution in [3.05, 3.63) is 35.6 Å². The summed E-state index contributed by atoms with van der Waals surface area (Å²) in [6.45, 7) is 1.22. The number of aryl methyl sites for hydroxylation is 1. The van der Waals surface area contributed by atoms with Gasteiger partial charge in [-0.25, -0.2) is 8.78 Å². The number of carbonyl (C=O) groups excluding carboxylic acids is 1. The van der Waals surface area contributed by atoms with Gasteiger partial charge in [-0.2, -0.15) is 0 Å². The molecule has 0 N–H and O–H groups in total. The highest BCUT2D eigenvalue weighted by molar-refractivity contribution is 5.98. The van der Waals surface area contributed by atoms with Crippen LogP contribution in [0.25, 0.3) is 11.0 Å². The van der Waals surface area contributed by atoms with Crippen molar-refractivity contribution in [2.45, 2.75) is 19.8 Å². The van der Waals surface area contributed by atoms with Gasteiger partial charge in [-0.1, -0.05) is 18.2 Å². The van der Waals surface area contributed by atoms with E-state index in [-0.39, 0.29) is 24.6 Å². The molecule has 0 aliphatic carbocycles. The van der Waals surface area contributed by atoms with Gasteiger partial charge in [-0.15, -0.1) is 0 Å². The van der Waals surface area contributed by atoms with Crippen molar-refractivity contribution in [1.29, 1.82) is 0 Å². The summed E-state index contributed by atoms with van der Waals surface area (Å²) >= 11 is 0. The van der Waals surface area contributed by atoms with E-state index in [4.69, 9.17) is 4.42 Å². The van der Waals surface area contributed by atoms with Crippen LogP contribution in [-0.2, 0) is 4.74 Å². The number of para-hydroxylation sites is 1. The van der Waals surface area contributed by atoms with Crippen LogP contribution >= 0.6 is 0 Å². The molecular weight excluding hydrogens is 254 g/mol. The molecule has 102 valence electrons. The van der Waals surface area contributed by atoms with Crippen LogP contribution in [0.3, 0.4) is 0 Å². The molecule has 0 amide bonds. The van der Waals surface area contributed by atoms with Gasteiger partial charge in [0.2, 0.25) is 0 Å². The van der Waals surface area contributed by atoms with Crippen LogP contribution in [0.1, 0.15) is 22.5 Å². The van der Waals surface area contributed by atoms with E-state index in [1.165, 1.54) is 0 Å². The number of Topliss-reactive ketones (excluding diaryl/α,β-unsaturated/α-hetero) is 1. The molecule has 19 heavy (non-hydrogen) atoms. The number of fused-ring (bicyclic) bond motifs is 1. The first kappa shape index (κ1) is 13.7. The van der Waals surface area contributed by atoms with Gasteiger partial charge in [0.25, 0.3) is 6.43 Å². The first-order chi connectivity index (χ1) is 9.08. The summed E-state index contributed by atoms with van der Waals surface area (Å²) in [5.41, 5.74) is 1.63. The van der Waals surface area contributed by atoms with Gasteiger partial charge < -0.3 is 9.15 Å². The molecule has 2 aromatic rings.